The number of fused-ring (bicyclic) bond motifs is 1. The second-order valence-electron chi connectivity index (χ2n) is 4.67. The Bertz CT molecular complexity index is 792. The summed E-state index contributed by atoms with van der Waals surface area (Å²) in [5, 5.41) is 0.736. The Kier molecular flexibility index (Phi) is 3.28. The highest BCUT2D eigenvalue weighted by Crippen LogP contribution is 2.23. The molecule has 0 radical (unpaired) electrons. The molecule has 0 amide bonds. The Morgan fingerprint density at radius 1 is 1.20 bits per heavy atom. The van der Waals surface area contributed by atoms with Crippen LogP contribution in [0.2, 0.25) is 5.02 Å². The first-order valence-corrected chi connectivity index (χ1v) is 6.73. The fraction of sp³-hybridized carbons (Fsp3) is 0.125. The Morgan fingerprint density at radius 2 is 2.00 bits per heavy atom. The van der Waals surface area contributed by atoms with Gasteiger partial charge in [-0.25, -0.2) is 4.98 Å². The van der Waals surface area contributed by atoms with Gasteiger partial charge in [0.25, 0.3) is 0 Å². The van der Waals surface area contributed by atoms with Gasteiger partial charge in [0.1, 0.15) is 5.82 Å². The number of benzene rings is 2. The molecule has 3 rings (SSSR count). The molecule has 0 spiro atoms. The SMILES string of the molecule is Cc1nc2c(C=O)cccc2n1Cc1ccccc1Cl. The lowest BCUT2D eigenvalue weighted by atomic mass is 10.2. The van der Waals surface area contributed by atoms with E-state index in [1.807, 2.05) is 43.3 Å². The van der Waals surface area contributed by atoms with Gasteiger partial charge in [-0.3, -0.25) is 4.79 Å². The van der Waals surface area contributed by atoms with Crippen molar-refractivity contribution in [2.24, 2.45) is 0 Å². The van der Waals surface area contributed by atoms with Crippen LogP contribution in [0.3, 0.4) is 0 Å². The minimum atomic E-state index is 0.614. The Balaban J connectivity index is 2.15. The molecule has 0 saturated heterocycles. The van der Waals surface area contributed by atoms with Crippen molar-refractivity contribution in [3.63, 3.8) is 0 Å². The van der Waals surface area contributed by atoms with Crippen LogP contribution in [-0.4, -0.2) is 15.8 Å². The summed E-state index contributed by atoms with van der Waals surface area (Å²) >= 11 is 6.21. The highest BCUT2D eigenvalue weighted by atomic mass is 35.5. The molecule has 0 saturated carbocycles. The molecule has 3 aromatic rings. The van der Waals surface area contributed by atoms with Crippen molar-refractivity contribution in [2.45, 2.75) is 13.5 Å². The summed E-state index contributed by atoms with van der Waals surface area (Å²) in [7, 11) is 0. The van der Waals surface area contributed by atoms with Gasteiger partial charge in [-0.1, -0.05) is 35.9 Å². The van der Waals surface area contributed by atoms with Gasteiger partial charge in [0.05, 0.1) is 17.6 Å². The molecule has 0 aliphatic heterocycles. The number of halogens is 1. The third-order valence-electron chi connectivity index (χ3n) is 3.41. The molecule has 100 valence electrons. The number of imidazole rings is 1. The van der Waals surface area contributed by atoms with Crippen LogP contribution in [0, 0.1) is 6.92 Å². The van der Waals surface area contributed by atoms with Crippen LogP contribution >= 0.6 is 11.6 Å². The maximum absolute atomic E-state index is 11.1. The molecule has 0 bridgehead atoms. The van der Waals surface area contributed by atoms with Gasteiger partial charge >= 0.3 is 0 Å². The Hall–Kier alpha value is -2.13. The van der Waals surface area contributed by atoms with Gasteiger partial charge in [0.15, 0.2) is 6.29 Å². The molecule has 0 unspecified atom stereocenters. The molecule has 1 aromatic heterocycles. The van der Waals surface area contributed by atoms with Crippen LogP contribution in [0.4, 0.5) is 0 Å². The van der Waals surface area contributed by atoms with Crippen LogP contribution in [0.5, 0.6) is 0 Å². The minimum absolute atomic E-state index is 0.614. The summed E-state index contributed by atoms with van der Waals surface area (Å²) in [6.07, 6.45) is 0.842. The molecule has 3 nitrogen and oxygen atoms in total. The lowest BCUT2D eigenvalue weighted by Gasteiger charge is -2.08. The lowest BCUT2D eigenvalue weighted by molar-refractivity contribution is 0.112. The van der Waals surface area contributed by atoms with E-state index >= 15 is 0 Å². The van der Waals surface area contributed by atoms with Gasteiger partial charge in [0, 0.05) is 10.6 Å². The molecule has 0 atom stereocenters. The van der Waals surface area contributed by atoms with Crippen molar-refractivity contribution in [3.05, 3.63) is 64.4 Å². The minimum Gasteiger partial charge on any atom is -0.324 e. The van der Waals surface area contributed by atoms with Crippen LogP contribution in [-0.2, 0) is 6.54 Å². The normalized spacial score (nSPS) is 10.9. The number of aromatic nitrogens is 2. The highest BCUT2D eigenvalue weighted by molar-refractivity contribution is 6.31. The van der Waals surface area contributed by atoms with E-state index < -0.39 is 0 Å². The first-order valence-electron chi connectivity index (χ1n) is 6.35. The molecule has 0 aliphatic rings. The van der Waals surface area contributed by atoms with Crippen LogP contribution in [0.1, 0.15) is 21.7 Å². The zero-order valence-electron chi connectivity index (χ0n) is 11.0. The number of hydrogen-bond donors (Lipinski definition) is 0. The van der Waals surface area contributed by atoms with Gasteiger partial charge in [-0.2, -0.15) is 0 Å². The maximum Gasteiger partial charge on any atom is 0.152 e. The van der Waals surface area contributed by atoms with E-state index in [0.717, 1.165) is 33.7 Å². The summed E-state index contributed by atoms with van der Waals surface area (Å²) in [5.41, 5.74) is 3.34. The van der Waals surface area contributed by atoms with Crippen LogP contribution in [0.15, 0.2) is 42.5 Å². The monoisotopic (exact) mass is 284 g/mol. The zero-order valence-corrected chi connectivity index (χ0v) is 11.8. The largest absolute Gasteiger partial charge is 0.324 e. The predicted molar refractivity (Wildman–Crippen MR) is 80.4 cm³/mol. The van der Waals surface area contributed by atoms with Crippen molar-refractivity contribution in [3.8, 4) is 0 Å². The molecule has 4 heteroatoms. The average Bonchev–Trinajstić information content (AvgIpc) is 2.77. The second-order valence-corrected chi connectivity index (χ2v) is 5.08. The van der Waals surface area contributed by atoms with Crippen LogP contribution < -0.4 is 0 Å². The van der Waals surface area contributed by atoms with Gasteiger partial charge in [-0.05, 0) is 30.7 Å². The van der Waals surface area contributed by atoms with Crippen molar-refractivity contribution in [1.29, 1.82) is 0 Å². The van der Waals surface area contributed by atoms with Crippen molar-refractivity contribution in [2.75, 3.05) is 0 Å². The van der Waals surface area contributed by atoms with E-state index in [4.69, 9.17) is 11.6 Å². The van der Waals surface area contributed by atoms with E-state index in [1.54, 1.807) is 6.07 Å². The summed E-state index contributed by atoms with van der Waals surface area (Å²) < 4.78 is 2.07. The topological polar surface area (TPSA) is 34.9 Å². The summed E-state index contributed by atoms with van der Waals surface area (Å²) in [6, 6.07) is 13.4. The van der Waals surface area contributed by atoms with Crippen molar-refractivity contribution >= 4 is 28.9 Å². The smallest absolute Gasteiger partial charge is 0.152 e. The fourth-order valence-electron chi connectivity index (χ4n) is 2.38. The molecular weight excluding hydrogens is 272 g/mol. The van der Waals surface area contributed by atoms with Crippen molar-refractivity contribution < 1.29 is 4.79 Å². The molecule has 0 fully saturated rings. The van der Waals surface area contributed by atoms with E-state index in [9.17, 15) is 4.79 Å². The molecule has 2 aromatic carbocycles. The number of para-hydroxylation sites is 1. The van der Waals surface area contributed by atoms with Crippen LogP contribution in [0.25, 0.3) is 11.0 Å². The third-order valence-corrected chi connectivity index (χ3v) is 3.78. The first-order chi connectivity index (χ1) is 9.70. The van der Waals surface area contributed by atoms with E-state index in [2.05, 4.69) is 9.55 Å². The molecule has 0 aliphatic carbocycles. The quantitative estimate of drug-likeness (QED) is 0.685. The van der Waals surface area contributed by atoms with E-state index in [1.165, 1.54) is 0 Å². The van der Waals surface area contributed by atoms with E-state index in [-0.39, 0.29) is 0 Å². The number of aldehydes is 1. The van der Waals surface area contributed by atoms with Gasteiger partial charge < -0.3 is 4.57 Å². The number of hydrogen-bond acceptors (Lipinski definition) is 2. The van der Waals surface area contributed by atoms with Gasteiger partial charge in [0.2, 0.25) is 0 Å². The fourth-order valence-corrected chi connectivity index (χ4v) is 2.57. The summed E-state index contributed by atoms with van der Waals surface area (Å²) in [6.45, 7) is 2.58. The number of aryl methyl sites for hydroxylation is 1. The standard InChI is InChI=1S/C16H13ClN2O/c1-11-18-16-13(10-20)6-4-8-15(16)19(11)9-12-5-2-3-7-14(12)17/h2-8,10H,9H2,1H3. The average molecular weight is 285 g/mol. The van der Waals surface area contributed by atoms with E-state index in [0.29, 0.717) is 12.1 Å². The molecular formula is C16H13ClN2O. The Morgan fingerprint density at radius 3 is 2.75 bits per heavy atom. The number of rotatable bonds is 3. The number of nitrogens with zero attached hydrogens (tertiary/aromatic N) is 2. The van der Waals surface area contributed by atoms with Crippen molar-refractivity contribution in [1.82, 2.24) is 9.55 Å². The maximum atomic E-state index is 11.1. The first kappa shape index (κ1) is 12.9. The molecule has 1 heterocycles. The predicted octanol–water partition coefficient (Wildman–Crippen LogP) is 3.86. The highest BCUT2D eigenvalue weighted by Gasteiger charge is 2.11. The second kappa shape index (κ2) is 5.10. The molecule has 20 heavy (non-hydrogen) atoms. The Labute approximate surface area is 121 Å². The number of carbonyl (C=O) groups excluding carboxylic acids is 1. The third kappa shape index (κ3) is 2.10. The summed E-state index contributed by atoms with van der Waals surface area (Å²) in [4.78, 5) is 15.6. The molecule has 0 N–H and O–H groups in total. The number of carbonyl (C=O) groups is 1. The lowest BCUT2D eigenvalue weighted by Crippen LogP contribution is -2.02. The summed E-state index contributed by atoms with van der Waals surface area (Å²) in [5.74, 6) is 0.870. The zero-order chi connectivity index (χ0) is 14.1. The van der Waals surface area contributed by atoms with Gasteiger partial charge in [-0.15, -0.1) is 0 Å².